The summed E-state index contributed by atoms with van der Waals surface area (Å²) in [5.74, 6) is -0.882. The van der Waals surface area contributed by atoms with Gasteiger partial charge in [0.1, 0.15) is 5.75 Å². The van der Waals surface area contributed by atoms with Gasteiger partial charge in [0.25, 0.3) is 0 Å². The minimum atomic E-state index is -1.28. The van der Waals surface area contributed by atoms with Crippen LogP contribution in [0.25, 0.3) is 0 Å². The Hall–Kier alpha value is -4.02. The van der Waals surface area contributed by atoms with Gasteiger partial charge in [-0.3, -0.25) is 0 Å². The summed E-state index contributed by atoms with van der Waals surface area (Å²) in [5, 5.41) is 0. The van der Waals surface area contributed by atoms with Gasteiger partial charge < -0.3 is 28.4 Å². The Bertz CT molecular complexity index is 1310. The van der Waals surface area contributed by atoms with Crippen molar-refractivity contribution in [2.45, 2.75) is 103 Å². The number of esters is 4. The fraction of sp³-hybridized carbons (Fsp3) is 0.500. The fourth-order valence-corrected chi connectivity index (χ4v) is 5.69. The summed E-state index contributed by atoms with van der Waals surface area (Å²) in [5.41, 5.74) is 2.18. The maximum Gasteiger partial charge on any atom is 0.343 e. The molecule has 10 nitrogen and oxygen atoms in total. The van der Waals surface area contributed by atoms with Crippen LogP contribution in [0.4, 0.5) is 0 Å². The molecule has 0 unspecified atom stereocenters. The lowest BCUT2D eigenvalue weighted by Gasteiger charge is -2.29. The van der Waals surface area contributed by atoms with Crippen molar-refractivity contribution in [3.8, 4) is 5.75 Å². The van der Waals surface area contributed by atoms with E-state index >= 15 is 0 Å². The first-order chi connectivity index (χ1) is 22.0. The zero-order valence-electron chi connectivity index (χ0n) is 27.0. The van der Waals surface area contributed by atoms with Gasteiger partial charge in [0.2, 0.25) is 0 Å². The predicted molar refractivity (Wildman–Crippen MR) is 168 cm³/mol. The highest BCUT2D eigenvalue weighted by molar-refractivity contribution is 5.91. The van der Waals surface area contributed by atoms with Crippen LogP contribution in [-0.4, -0.2) is 54.9 Å². The van der Waals surface area contributed by atoms with Gasteiger partial charge in [0.05, 0.1) is 24.4 Å². The highest BCUT2D eigenvalue weighted by Gasteiger charge is 2.48. The Balaban J connectivity index is 1.28. The smallest absolute Gasteiger partial charge is 0.343 e. The third-order valence-electron chi connectivity index (χ3n) is 7.98. The zero-order valence-corrected chi connectivity index (χ0v) is 27.0. The molecule has 1 aliphatic heterocycles. The van der Waals surface area contributed by atoms with Crippen LogP contribution in [0.1, 0.15) is 99.9 Å². The molecule has 1 aliphatic carbocycles. The fourth-order valence-electron chi connectivity index (χ4n) is 5.69. The Morgan fingerprint density at radius 1 is 0.804 bits per heavy atom. The lowest BCUT2D eigenvalue weighted by atomic mass is 9.77. The molecule has 2 fully saturated rings. The van der Waals surface area contributed by atoms with E-state index in [1.807, 2.05) is 12.1 Å². The molecule has 1 saturated carbocycles. The van der Waals surface area contributed by atoms with Crippen LogP contribution in [0.15, 0.2) is 61.2 Å². The van der Waals surface area contributed by atoms with Gasteiger partial charge in [0, 0.05) is 11.6 Å². The van der Waals surface area contributed by atoms with Crippen LogP contribution in [0.5, 0.6) is 5.75 Å². The maximum atomic E-state index is 12.9. The normalized spacial score (nSPS) is 21.5. The summed E-state index contributed by atoms with van der Waals surface area (Å²) in [4.78, 5) is 49.3. The molecule has 0 bridgehead atoms. The number of ether oxygens (including phenoxy) is 6. The number of hydrogen-bond donors (Lipinski definition) is 0. The van der Waals surface area contributed by atoms with Gasteiger partial charge in [-0.1, -0.05) is 30.8 Å². The monoisotopic (exact) mass is 636 g/mol. The molecule has 1 heterocycles. The van der Waals surface area contributed by atoms with Crippen LogP contribution in [0.3, 0.4) is 0 Å². The maximum absolute atomic E-state index is 12.9. The third kappa shape index (κ3) is 9.74. The van der Waals surface area contributed by atoms with E-state index in [0.717, 1.165) is 38.5 Å². The summed E-state index contributed by atoms with van der Waals surface area (Å²) >= 11 is 0. The summed E-state index contributed by atoms with van der Waals surface area (Å²) < 4.78 is 32.8. The van der Waals surface area contributed by atoms with Crippen molar-refractivity contribution in [3.63, 3.8) is 0 Å². The molecule has 0 N–H and O–H groups in total. The van der Waals surface area contributed by atoms with Crippen molar-refractivity contribution in [3.05, 3.63) is 77.9 Å². The summed E-state index contributed by atoms with van der Waals surface area (Å²) in [6.45, 7) is 10.6. The zero-order chi connectivity index (χ0) is 33.2. The van der Waals surface area contributed by atoms with E-state index in [4.69, 9.17) is 28.4 Å². The second-order valence-electron chi connectivity index (χ2n) is 12.2. The van der Waals surface area contributed by atoms with E-state index in [1.165, 1.54) is 11.6 Å². The molecule has 46 heavy (non-hydrogen) atoms. The predicted octanol–water partition coefficient (Wildman–Crippen LogP) is 6.37. The average Bonchev–Trinajstić information content (AvgIpc) is 3.49. The SMILES string of the molecule is C=CC(=O)OCCCC1CCC(c2ccc(C(=O)Oc3ccc(C4O[C@@H](C(=O)OC(C)C)[C@H](C(=O)OC(C)C)O4)cc3)cc2)CC1. The number of rotatable bonds is 13. The summed E-state index contributed by atoms with van der Waals surface area (Å²) in [7, 11) is 0. The Labute approximate surface area is 270 Å². The van der Waals surface area contributed by atoms with Crippen molar-refractivity contribution >= 4 is 23.9 Å². The van der Waals surface area contributed by atoms with Crippen molar-refractivity contribution in [2.24, 2.45) is 5.92 Å². The lowest BCUT2D eigenvalue weighted by molar-refractivity contribution is -0.167. The lowest BCUT2D eigenvalue weighted by Crippen LogP contribution is -2.40. The number of carbonyl (C=O) groups is 4. The molecule has 2 aliphatic rings. The van der Waals surface area contributed by atoms with Crippen molar-refractivity contribution < 1.29 is 47.6 Å². The van der Waals surface area contributed by atoms with Crippen LogP contribution in [0, 0.1) is 5.92 Å². The quantitative estimate of drug-likeness (QED) is 0.0805. The molecular weight excluding hydrogens is 592 g/mol. The number of benzene rings is 2. The third-order valence-corrected chi connectivity index (χ3v) is 7.98. The summed E-state index contributed by atoms with van der Waals surface area (Å²) in [6, 6.07) is 14.0. The second kappa shape index (κ2) is 16.5. The van der Waals surface area contributed by atoms with Crippen LogP contribution in [-0.2, 0) is 38.1 Å². The molecular formula is C36H44O10. The molecule has 248 valence electrons. The van der Waals surface area contributed by atoms with Gasteiger partial charge in [-0.25, -0.2) is 19.2 Å². The molecule has 0 aromatic heterocycles. The molecule has 0 amide bonds. The average molecular weight is 637 g/mol. The van der Waals surface area contributed by atoms with E-state index in [0.29, 0.717) is 35.3 Å². The largest absolute Gasteiger partial charge is 0.463 e. The first kappa shape index (κ1) is 34.8. The van der Waals surface area contributed by atoms with Gasteiger partial charge in [-0.05, 0) is 108 Å². The molecule has 0 spiro atoms. The Morgan fingerprint density at radius 3 is 1.87 bits per heavy atom. The van der Waals surface area contributed by atoms with Gasteiger partial charge in [-0.2, -0.15) is 0 Å². The molecule has 1 saturated heterocycles. The number of carbonyl (C=O) groups excluding carboxylic acids is 4. The minimum absolute atomic E-state index is 0.319. The first-order valence-electron chi connectivity index (χ1n) is 16.0. The van der Waals surface area contributed by atoms with Crippen molar-refractivity contribution in [2.75, 3.05) is 6.61 Å². The van der Waals surface area contributed by atoms with E-state index < -0.39 is 48.6 Å². The molecule has 2 atom stereocenters. The topological polar surface area (TPSA) is 124 Å². The molecule has 0 radical (unpaired) electrons. The second-order valence-corrected chi connectivity index (χ2v) is 12.2. The van der Waals surface area contributed by atoms with E-state index in [1.54, 1.807) is 64.1 Å². The first-order valence-corrected chi connectivity index (χ1v) is 16.0. The van der Waals surface area contributed by atoms with Gasteiger partial charge in [0.15, 0.2) is 18.5 Å². The Morgan fingerprint density at radius 2 is 1.35 bits per heavy atom. The summed E-state index contributed by atoms with van der Waals surface area (Å²) in [6.07, 6.45) is 3.13. The molecule has 10 heteroatoms. The Kier molecular flexibility index (Phi) is 12.5. The highest BCUT2D eigenvalue weighted by atomic mass is 16.8. The standard InChI is InChI=1S/C36H44O10/c1-6-30(37)41-21-7-8-24-9-11-25(12-10-24)26-13-15-27(16-14-26)33(38)44-29-19-17-28(18-20-29)36-45-31(34(39)42-22(2)3)32(46-36)35(40)43-23(4)5/h6,13-20,22-25,31-32,36H,1,7-12,21H2,2-5H3/t24?,25?,31-,32-/m1/s1. The van der Waals surface area contributed by atoms with E-state index in [2.05, 4.69) is 6.58 Å². The molecule has 2 aromatic rings. The van der Waals surface area contributed by atoms with E-state index in [9.17, 15) is 19.2 Å². The van der Waals surface area contributed by atoms with E-state index in [-0.39, 0.29) is 5.97 Å². The van der Waals surface area contributed by atoms with Crippen molar-refractivity contribution in [1.29, 1.82) is 0 Å². The van der Waals surface area contributed by atoms with Crippen LogP contribution >= 0.6 is 0 Å². The van der Waals surface area contributed by atoms with Crippen LogP contribution < -0.4 is 4.74 Å². The molecule has 2 aromatic carbocycles. The highest BCUT2D eigenvalue weighted by Crippen LogP contribution is 2.38. The van der Waals surface area contributed by atoms with Crippen molar-refractivity contribution in [1.82, 2.24) is 0 Å². The van der Waals surface area contributed by atoms with Gasteiger partial charge >= 0.3 is 23.9 Å². The van der Waals surface area contributed by atoms with Crippen LogP contribution in [0.2, 0.25) is 0 Å². The number of hydrogen-bond acceptors (Lipinski definition) is 10. The van der Waals surface area contributed by atoms with Gasteiger partial charge in [-0.15, -0.1) is 0 Å². The minimum Gasteiger partial charge on any atom is -0.463 e. The molecule has 4 rings (SSSR count).